The third-order valence-corrected chi connectivity index (χ3v) is 2.36. The average Bonchev–Trinajstić information content (AvgIpc) is 2.73. The Bertz CT molecular complexity index is 520. The van der Waals surface area contributed by atoms with Gasteiger partial charge in [-0.05, 0) is 18.1 Å². The molecular formula is C12H12N4. The largest absolute Gasteiger partial charge is 0.216 e. The molecule has 80 valence electrons. The van der Waals surface area contributed by atoms with Crippen molar-refractivity contribution in [3.63, 3.8) is 0 Å². The van der Waals surface area contributed by atoms with Gasteiger partial charge in [-0.3, -0.25) is 0 Å². The van der Waals surface area contributed by atoms with Crippen LogP contribution in [0.25, 0.3) is 5.69 Å². The summed E-state index contributed by atoms with van der Waals surface area (Å²) < 4.78 is 1.73. The Hall–Kier alpha value is -2.15. The molecule has 0 bridgehead atoms. The number of rotatable bonds is 2. The van der Waals surface area contributed by atoms with Crippen LogP contribution >= 0.6 is 0 Å². The highest BCUT2D eigenvalue weighted by Gasteiger charge is 2.16. The van der Waals surface area contributed by atoms with E-state index in [0.717, 1.165) is 11.4 Å². The summed E-state index contributed by atoms with van der Waals surface area (Å²) in [4.78, 5) is 0. The molecule has 0 saturated carbocycles. The van der Waals surface area contributed by atoms with Crippen molar-refractivity contribution in [2.24, 2.45) is 0 Å². The molecule has 0 amide bonds. The lowest BCUT2D eigenvalue weighted by atomic mass is 10.1. The molecule has 0 atom stereocenters. The van der Waals surface area contributed by atoms with E-state index in [0.29, 0.717) is 5.69 Å². The first-order valence-corrected chi connectivity index (χ1v) is 5.15. The maximum absolute atomic E-state index is 8.96. The van der Waals surface area contributed by atoms with E-state index in [2.05, 4.69) is 16.4 Å². The van der Waals surface area contributed by atoms with Gasteiger partial charge in [-0.25, -0.2) is 4.68 Å². The van der Waals surface area contributed by atoms with Gasteiger partial charge in [0.25, 0.3) is 0 Å². The van der Waals surface area contributed by atoms with Crippen LogP contribution in [0.15, 0.2) is 30.3 Å². The number of hydrogen-bond donors (Lipinski definition) is 0. The van der Waals surface area contributed by atoms with E-state index in [1.807, 2.05) is 44.2 Å². The van der Waals surface area contributed by atoms with Gasteiger partial charge in [0, 0.05) is 0 Å². The lowest BCUT2D eigenvalue weighted by molar-refractivity contribution is 0.715. The fourth-order valence-electron chi connectivity index (χ4n) is 1.65. The molecule has 0 saturated heterocycles. The van der Waals surface area contributed by atoms with Crippen LogP contribution in [0.3, 0.4) is 0 Å². The van der Waals surface area contributed by atoms with Gasteiger partial charge in [0.05, 0.1) is 11.4 Å². The van der Waals surface area contributed by atoms with Crippen molar-refractivity contribution in [3.05, 3.63) is 41.7 Å². The van der Waals surface area contributed by atoms with Crippen LogP contribution in [-0.4, -0.2) is 15.0 Å². The van der Waals surface area contributed by atoms with Crippen LogP contribution in [0.2, 0.25) is 0 Å². The minimum atomic E-state index is 0.213. The number of nitriles is 1. The number of hydrogen-bond acceptors (Lipinski definition) is 3. The average molecular weight is 212 g/mol. The van der Waals surface area contributed by atoms with Gasteiger partial charge in [0.15, 0.2) is 5.69 Å². The minimum Gasteiger partial charge on any atom is -0.216 e. The van der Waals surface area contributed by atoms with Crippen molar-refractivity contribution >= 4 is 0 Å². The summed E-state index contributed by atoms with van der Waals surface area (Å²) >= 11 is 0. The minimum absolute atomic E-state index is 0.213. The molecule has 0 aliphatic carbocycles. The molecule has 0 N–H and O–H groups in total. The summed E-state index contributed by atoms with van der Waals surface area (Å²) in [5.41, 5.74) is 2.19. The van der Waals surface area contributed by atoms with Gasteiger partial charge in [-0.15, -0.1) is 5.10 Å². The SMILES string of the molecule is CC(C)c1c(C#N)nnn1-c1ccccc1. The van der Waals surface area contributed by atoms with Crippen LogP contribution in [0, 0.1) is 11.3 Å². The van der Waals surface area contributed by atoms with E-state index in [-0.39, 0.29) is 5.92 Å². The normalized spacial score (nSPS) is 10.4. The summed E-state index contributed by atoms with van der Waals surface area (Å²) in [7, 11) is 0. The van der Waals surface area contributed by atoms with Gasteiger partial charge in [-0.2, -0.15) is 5.26 Å². The maximum Gasteiger partial charge on any atom is 0.186 e. The lowest BCUT2D eigenvalue weighted by Crippen LogP contribution is -2.04. The second kappa shape index (κ2) is 4.15. The number of nitrogens with zero attached hydrogens (tertiary/aromatic N) is 4. The third kappa shape index (κ3) is 1.68. The predicted molar refractivity (Wildman–Crippen MR) is 60.2 cm³/mol. The first-order valence-electron chi connectivity index (χ1n) is 5.15. The standard InChI is InChI=1S/C12H12N4/c1-9(2)12-11(8-13)14-15-16(12)10-6-4-3-5-7-10/h3-7,9H,1-2H3. The fourth-order valence-corrected chi connectivity index (χ4v) is 1.65. The first-order chi connectivity index (χ1) is 7.74. The van der Waals surface area contributed by atoms with Gasteiger partial charge < -0.3 is 0 Å². The van der Waals surface area contributed by atoms with E-state index in [1.54, 1.807) is 4.68 Å². The summed E-state index contributed by atoms with van der Waals surface area (Å²) in [5.74, 6) is 0.213. The van der Waals surface area contributed by atoms with Crippen molar-refractivity contribution in [2.45, 2.75) is 19.8 Å². The molecule has 16 heavy (non-hydrogen) atoms. The molecule has 0 aliphatic rings. The summed E-state index contributed by atoms with van der Waals surface area (Å²) in [6.45, 7) is 4.05. The third-order valence-electron chi connectivity index (χ3n) is 2.36. The molecule has 1 aromatic heterocycles. The first kappa shape index (κ1) is 10.4. The molecule has 1 aromatic carbocycles. The van der Waals surface area contributed by atoms with Crippen LogP contribution in [-0.2, 0) is 0 Å². The molecular weight excluding hydrogens is 200 g/mol. The molecule has 0 spiro atoms. The van der Waals surface area contributed by atoms with Crippen molar-refractivity contribution in [1.82, 2.24) is 15.0 Å². The zero-order chi connectivity index (χ0) is 11.5. The zero-order valence-corrected chi connectivity index (χ0v) is 9.25. The molecule has 0 unspecified atom stereocenters. The zero-order valence-electron chi connectivity index (χ0n) is 9.25. The van der Waals surface area contributed by atoms with Crippen molar-refractivity contribution < 1.29 is 0 Å². The quantitative estimate of drug-likeness (QED) is 0.767. The second-order valence-electron chi connectivity index (χ2n) is 3.84. The van der Waals surface area contributed by atoms with Crippen LogP contribution in [0.4, 0.5) is 0 Å². The number of benzene rings is 1. The van der Waals surface area contributed by atoms with Crippen LogP contribution < -0.4 is 0 Å². The molecule has 2 rings (SSSR count). The summed E-state index contributed by atoms with van der Waals surface area (Å²) in [6, 6.07) is 11.8. The fraction of sp³-hybridized carbons (Fsp3) is 0.250. The molecule has 0 radical (unpaired) electrons. The van der Waals surface area contributed by atoms with E-state index >= 15 is 0 Å². The van der Waals surface area contributed by atoms with Crippen LogP contribution in [0.1, 0.15) is 31.2 Å². The smallest absolute Gasteiger partial charge is 0.186 e. The Labute approximate surface area is 94.1 Å². The highest BCUT2D eigenvalue weighted by Crippen LogP contribution is 2.20. The van der Waals surface area contributed by atoms with E-state index in [9.17, 15) is 0 Å². The Morgan fingerprint density at radius 1 is 1.25 bits per heavy atom. The molecule has 4 nitrogen and oxygen atoms in total. The van der Waals surface area contributed by atoms with Gasteiger partial charge >= 0.3 is 0 Å². The van der Waals surface area contributed by atoms with Gasteiger partial charge in [-0.1, -0.05) is 37.3 Å². The predicted octanol–water partition coefficient (Wildman–Crippen LogP) is 2.26. The molecule has 0 fully saturated rings. The molecule has 0 aliphatic heterocycles. The molecule has 1 heterocycles. The lowest BCUT2D eigenvalue weighted by Gasteiger charge is -2.08. The number of para-hydroxylation sites is 1. The van der Waals surface area contributed by atoms with E-state index in [1.165, 1.54) is 0 Å². The Morgan fingerprint density at radius 3 is 2.50 bits per heavy atom. The Morgan fingerprint density at radius 2 is 1.94 bits per heavy atom. The van der Waals surface area contributed by atoms with Crippen molar-refractivity contribution in [1.29, 1.82) is 5.26 Å². The highest BCUT2D eigenvalue weighted by molar-refractivity contribution is 5.37. The Kier molecular flexibility index (Phi) is 2.69. The van der Waals surface area contributed by atoms with Crippen molar-refractivity contribution in [2.75, 3.05) is 0 Å². The summed E-state index contributed by atoms with van der Waals surface area (Å²) in [5, 5.41) is 16.9. The van der Waals surface area contributed by atoms with Crippen LogP contribution in [0.5, 0.6) is 0 Å². The topological polar surface area (TPSA) is 54.5 Å². The second-order valence-corrected chi connectivity index (χ2v) is 3.84. The summed E-state index contributed by atoms with van der Waals surface area (Å²) in [6.07, 6.45) is 0. The van der Waals surface area contributed by atoms with Gasteiger partial charge in [0.2, 0.25) is 0 Å². The van der Waals surface area contributed by atoms with E-state index in [4.69, 9.17) is 5.26 Å². The van der Waals surface area contributed by atoms with Gasteiger partial charge in [0.1, 0.15) is 6.07 Å². The molecule has 4 heteroatoms. The molecule has 2 aromatic rings. The maximum atomic E-state index is 8.96. The van der Waals surface area contributed by atoms with E-state index < -0.39 is 0 Å². The Balaban J connectivity index is 2.59. The number of aromatic nitrogens is 3. The van der Waals surface area contributed by atoms with Crippen molar-refractivity contribution in [3.8, 4) is 11.8 Å². The highest BCUT2D eigenvalue weighted by atomic mass is 15.4. The monoisotopic (exact) mass is 212 g/mol.